The van der Waals surface area contributed by atoms with Crippen LogP contribution in [0.4, 0.5) is 4.79 Å². The van der Waals surface area contributed by atoms with Crippen molar-refractivity contribution in [2.75, 3.05) is 6.61 Å². The van der Waals surface area contributed by atoms with Gasteiger partial charge in [0.1, 0.15) is 12.1 Å². The highest BCUT2D eigenvalue weighted by Crippen LogP contribution is 2.27. The summed E-state index contributed by atoms with van der Waals surface area (Å²) in [5.74, 6) is 0.211. The maximum Gasteiger partial charge on any atom is 0.407 e. The zero-order chi connectivity index (χ0) is 26.5. The molecule has 204 valence electrons. The van der Waals surface area contributed by atoms with E-state index in [1.165, 1.54) is 19.3 Å². The maximum absolute atomic E-state index is 13.2. The Kier molecular flexibility index (Phi) is 13.2. The quantitative estimate of drug-likeness (QED) is 0.256. The number of alkyl carbamates (subject to hydrolysis) is 1. The minimum atomic E-state index is -1.06. The molecule has 1 aliphatic rings. The minimum Gasteiger partial charge on any atom is -0.449 e. The van der Waals surface area contributed by atoms with Gasteiger partial charge in [-0.3, -0.25) is 9.59 Å². The molecule has 1 aromatic rings. The summed E-state index contributed by atoms with van der Waals surface area (Å²) in [6, 6.07) is -1.36. The molecule has 0 spiro atoms. The average molecular weight is 505 g/mol. The maximum atomic E-state index is 13.2. The van der Waals surface area contributed by atoms with Crippen molar-refractivity contribution in [3.63, 3.8) is 0 Å². The molecule has 0 unspecified atom stereocenters. The lowest BCUT2D eigenvalue weighted by Crippen LogP contribution is -2.51. The van der Waals surface area contributed by atoms with Gasteiger partial charge in [-0.25, -0.2) is 4.79 Å². The molecule has 1 aliphatic carbocycles. The van der Waals surface area contributed by atoms with Crippen molar-refractivity contribution in [1.29, 1.82) is 0 Å². The Labute approximate surface area is 217 Å². The highest BCUT2D eigenvalue weighted by molar-refractivity contribution is 5.86. The van der Waals surface area contributed by atoms with Crippen molar-refractivity contribution < 1.29 is 19.4 Å². The molecule has 0 saturated heterocycles. The monoisotopic (exact) mass is 504 g/mol. The van der Waals surface area contributed by atoms with Gasteiger partial charge in [0.05, 0.1) is 12.6 Å². The van der Waals surface area contributed by atoms with Crippen LogP contribution in [0.2, 0.25) is 0 Å². The fourth-order valence-corrected chi connectivity index (χ4v) is 4.83. The molecule has 0 bridgehead atoms. The van der Waals surface area contributed by atoms with Crippen LogP contribution in [0.5, 0.6) is 0 Å². The molecular weight excluding hydrogens is 456 g/mol. The second-order valence-corrected chi connectivity index (χ2v) is 10.8. The van der Waals surface area contributed by atoms with Gasteiger partial charge in [0.15, 0.2) is 5.43 Å². The number of nitrogens with one attached hydrogen (secondary N) is 2. The van der Waals surface area contributed by atoms with Crippen LogP contribution in [0.3, 0.4) is 0 Å². The molecular formula is C29H48N2O5. The van der Waals surface area contributed by atoms with Crippen LogP contribution >= 0.6 is 0 Å². The summed E-state index contributed by atoms with van der Waals surface area (Å²) in [5.41, 5.74) is 0.816. The summed E-state index contributed by atoms with van der Waals surface area (Å²) in [6.07, 6.45) is 13.6. The third-order valence-electron chi connectivity index (χ3n) is 7.09. The van der Waals surface area contributed by atoms with Gasteiger partial charge in [-0.2, -0.15) is 0 Å². The predicted molar refractivity (Wildman–Crippen MR) is 144 cm³/mol. The number of rotatable bonds is 16. The third kappa shape index (κ3) is 10.1. The molecule has 3 N–H and O–H groups in total. The summed E-state index contributed by atoms with van der Waals surface area (Å²) in [4.78, 5) is 38.1. The van der Waals surface area contributed by atoms with Crippen LogP contribution in [0, 0.1) is 11.8 Å². The third-order valence-corrected chi connectivity index (χ3v) is 7.09. The smallest absolute Gasteiger partial charge is 0.407 e. The Morgan fingerprint density at radius 3 is 2.42 bits per heavy atom. The van der Waals surface area contributed by atoms with Gasteiger partial charge in [-0.1, -0.05) is 84.8 Å². The molecule has 1 fully saturated rings. The van der Waals surface area contributed by atoms with E-state index in [0.717, 1.165) is 44.9 Å². The Balaban J connectivity index is 2.00. The van der Waals surface area contributed by atoms with Crippen LogP contribution in [0.1, 0.15) is 122 Å². The Hall–Kier alpha value is -2.15. The summed E-state index contributed by atoms with van der Waals surface area (Å²) in [6.45, 7) is 8.52. The molecule has 0 heterocycles. The number of hydrogen-bond donors (Lipinski definition) is 3. The minimum absolute atomic E-state index is 0.130. The van der Waals surface area contributed by atoms with Crippen molar-refractivity contribution in [2.45, 2.75) is 123 Å². The number of allylic oxidation sites excluding steroid dienone is 1. The predicted octanol–water partition coefficient (Wildman–Crippen LogP) is 5.56. The van der Waals surface area contributed by atoms with E-state index < -0.39 is 24.3 Å². The SMILES string of the molecule is CCCCC=Cc1c([C@H](O)[C@H](CCCC)NC(=O)[C@H](CC(C)C)NC(=O)OCC2CCCCC2)c1=O. The molecule has 3 atom stereocenters. The number of carbonyl (C=O) groups excluding carboxylic acids is 2. The fraction of sp³-hybridized carbons (Fsp3) is 0.759. The molecule has 1 saturated carbocycles. The molecule has 2 amide bonds. The zero-order valence-electron chi connectivity index (χ0n) is 22.8. The molecule has 7 nitrogen and oxygen atoms in total. The van der Waals surface area contributed by atoms with Gasteiger partial charge < -0.3 is 20.5 Å². The van der Waals surface area contributed by atoms with Crippen LogP contribution in [-0.4, -0.2) is 35.8 Å². The first-order valence-corrected chi connectivity index (χ1v) is 14.2. The van der Waals surface area contributed by atoms with Gasteiger partial charge in [0, 0.05) is 11.1 Å². The highest BCUT2D eigenvalue weighted by atomic mass is 16.5. The van der Waals surface area contributed by atoms with Gasteiger partial charge in [0.25, 0.3) is 0 Å². The first kappa shape index (κ1) is 30.1. The second kappa shape index (κ2) is 15.9. The lowest BCUT2D eigenvalue weighted by molar-refractivity contribution is -0.125. The standard InChI is InChI=1S/C29H48N2O5/c1-5-7-9-13-16-22-25(26(22)32)27(33)23(17-8-6-2)30-28(34)24(18-20(3)4)31-29(35)36-19-21-14-11-10-12-15-21/h13,16,20-21,23-24,27,33H,5-12,14-15,17-19H2,1-4H3,(H,30,34)(H,31,35)/t23-,24-,27+/m0/s1. The van der Waals surface area contributed by atoms with Crippen molar-refractivity contribution in [1.82, 2.24) is 10.6 Å². The first-order chi connectivity index (χ1) is 17.3. The van der Waals surface area contributed by atoms with Crippen molar-refractivity contribution in [3.8, 4) is 0 Å². The van der Waals surface area contributed by atoms with Crippen molar-refractivity contribution >= 4 is 18.1 Å². The number of carbonyl (C=O) groups is 2. The fourth-order valence-electron chi connectivity index (χ4n) is 4.83. The number of unbranched alkanes of at least 4 members (excludes halogenated alkanes) is 3. The van der Waals surface area contributed by atoms with E-state index in [9.17, 15) is 19.5 Å². The van der Waals surface area contributed by atoms with Crippen LogP contribution in [0.25, 0.3) is 6.08 Å². The van der Waals surface area contributed by atoms with Gasteiger partial charge in [0.2, 0.25) is 5.91 Å². The van der Waals surface area contributed by atoms with Crippen molar-refractivity contribution in [2.24, 2.45) is 11.8 Å². The van der Waals surface area contributed by atoms with Crippen LogP contribution < -0.4 is 16.1 Å². The summed E-state index contributed by atoms with van der Waals surface area (Å²) >= 11 is 0. The van der Waals surface area contributed by atoms with E-state index >= 15 is 0 Å². The molecule has 7 heteroatoms. The highest BCUT2D eigenvalue weighted by Gasteiger charge is 2.34. The number of aliphatic hydroxyl groups is 1. The summed E-state index contributed by atoms with van der Waals surface area (Å²) in [7, 11) is 0. The van der Waals surface area contributed by atoms with Gasteiger partial charge in [-0.05, 0) is 43.9 Å². The average Bonchev–Trinajstić information content (AvgIpc) is 3.51. The topological polar surface area (TPSA) is 105 Å². The molecule has 0 radical (unpaired) electrons. The Morgan fingerprint density at radius 1 is 1.08 bits per heavy atom. The van der Waals surface area contributed by atoms with E-state index in [0.29, 0.717) is 36.5 Å². The number of ether oxygens (including phenoxy) is 1. The molecule has 36 heavy (non-hydrogen) atoms. The van der Waals surface area contributed by atoms with E-state index in [-0.39, 0.29) is 17.3 Å². The number of hydrogen-bond acceptors (Lipinski definition) is 5. The molecule has 0 aliphatic heterocycles. The number of amides is 2. The lowest BCUT2D eigenvalue weighted by Gasteiger charge is -2.27. The van der Waals surface area contributed by atoms with E-state index in [4.69, 9.17) is 4.74 Å². The van der Waals surface area contributed by atoms with E-state index in [2.05, 4.69) is 17.6 Å². The van der Waals surface area contributed by atoms with Crippen molar-refractivity contribution in [3.05, 3.63) is 27.4 Å². The summed E-state index contributed by atoms with van der Waals surface area (Å²) in [5, 5.41) is 16.7. The normalized spacial score (nSPS) is 17.4. The van der Waals surface area contributed by atoms with E-state index in [1.54, 1.807) is 6.08 Å². The zero-order valence-corrected chi connectivity index (χ0v) is 22.8. The lowest BCUT2D eigenvalue weighted by atomic mass is 9.90. The Bertz CT molecular complexity index is 833. The summed E-state index contributed by atoms with van der Waals surface area (Å²) < 4.78 is 5.45. The largest absolute Gasteiger partial charge is 0.449 e. The molecule has 0 aromatic heterocycles. The second-order valence-electron chi connectivity index (χ2n) is 10.8. The van der Waals surface area contributed by atoms with Crippen LogP contribution in [0.15, 0.2) is 10.9 Å². The molecule has 2 rings (SSSR count). The Morgan fingerprint density at radius 2 is 1.78 bits per heavy atom. The first-order valence-electron chi connectivity index (χ1n) is 14.2. The number of aliphatic hydroxyl groups excluding tert-OH is 1. The van der Waals surface area contributed by atoms with E-state index in [1.807, 2.05) is 26.8 Å². The van der Waals surface area contributed by atoms with Gasteiger partial charge in [-0.15, -0.1) is 0 Å². The van der Waals surface area contributed by atoms with Crippen LogP contribution in [-0.2, 0) is 9.53 Å². The van der Waals surface area contributed by atoms with Gasteiger partial charge >= 0.3 is 6.09 Å². The molecule has 1 aromatic carbocycles.